The van der Waals surface area contributed by atoms with E-state index >= 15 is 0 Å². The van der Waals surface area contributed by atoms with Gasteiger partial charge in [0, 0.05) is 18.2 Å². The molecule has 1 aromatic carbocycles. The first-order chi connectivity index (χ1) is 9.03. The van der Waals surface area contributed by atoms with Gasteiger partial charge in [0.15, 0.2) is 11.5 Å². The van der Waals surface area contributed by atoms with Crippen LogP contribution in [0.15, 0.2) is 12.1 Å². The Kier molecular flexibility index (Phi) is 5.48. The fourth-order valence-electron chi connectivity index (χ4n) is 1.95. The highest BCUT2D eigenvalue weighted by atomic mass is 16.5. The van der Waals surface area contributed by atoms with E-state index in [1.54, 1.807) is 6.07 Å². The average molecular weight is 267 g/mol. The van der Waals surface area contributed by atoms with Crippen molar-refractivity contribution >= 4 is 11.7 Å². The van der Waals surface area contributed by atoms with Gasteiger partial charge in [-0.25, -0.2) is 4.79 Å². The van der Waals surface area contributed by atoms with Gasteiger partial charge in [0.2, 0.25) is 0 Å². The van der Waals surface area contributed by atoms with Crippen LogP contribution in [0.1, 0.15) is 37.0 Å². The summed E-state index contributed by atoms with van der Waals surface area (Å²) in [6.07, 6.45) is 2.00. The standard InChI is InChI=1S/C14H21NO4/c1-5-6-9(2)15-11-8-13(19-4)12(18-3)7-10(11)14(16)17/h7-9,15H,5-6H2,1-4H3,(H,16,17). The monoisotopic (exact) mass is 267 g/mol. The molecule has 19 heavy (non-hydrogen) atoms. The van der Waals surface area contributed by atoms with E-state index in [1.165, 1.54) is 20.3 Å². The summed E-state index contributed by atoms with van der Waals surface area (Å²) < 4.78 is 10.3. The van der Waals surface area contributed by atoms with Gasteiger partial charge in [0.05, 0.1) is 25.5 Å². The minimum atomic E-state index is -0.993. The topological polar surface area (TPSA) is 67.8 Å². The normalized spacial score (nSPS) is 11.8. The van der Waals surface area contributed by atoms with Crippen LogP contribution in [0.25, 0.3) is 0 Å². The summed E-state index contributed by atoms with van der Waals surface area (Å²) in [7, 11) is 3.01. The molecule has 0 saturated heterocycles. The molecule has 5 heteroatoms. The lowest BCUT2D eigenvalue weighted by atomic mass is 10.1. The maximum atomic E-state index is 11.3. The van der Waals surface area contributed by atoms with E-state index in [0.29, 0.717) is 17.2 Å². The molecule has 1 unspecified atom stereocenters. The molecule has 1 rings (SSSR count). The number of carboxylic acid groups (broad SMARTS) is 1. The highest BCUT2D eigenvalue weighted by molar-refractivity contribution is 5.95. The SMILES string of the molecule is CCCC(C)Nc1cc(OC)c(OC)cc1C(=O)O. The van der Waals surface area contributed by atoms with Crippen LogP contribution >= 0.6 is 0 Å². The van der Waals surface area contributed by atoms with E-state index in [2.05, 4.69) is 12.2 Å². The number of ether oxygens (including phenoxy) is 2. The molecule has 0 bridgehead atoms. The van der Waals surface area contributed by atoms with Crippen molar-refractivity contribution in [2.24, 2.45) is 0 Å². The molecule has 0 radical (unpaired) electrons. The Morgan fingerprint density at radius 1 is 1.32 bits per heavy atom. The quantitative estimate of drug-likeness (QED) is 0.795. The third kappa shape index (κ3) is 3.77. The van der Waals surface area contributed by atoms with Crippen molar-refractivity contribution in [2.45, 2.75) is 32.7 Å². The van der Waals surface area contributed by atoms with Crippen LogP contribution < -0.4 is 14.8 Å². The zero-order valence-electron chi connectivity index (χ0n) is 11.8. The van der Waals surface area contributed by atoms with E-state index < -0.39 is 5.97 Å². The summed E-state index contributed by atoms with van der Waals surface area (Å²) in [4.78, 5) is 11.3. The van der Waals surface area contributed by atoms with Crippen LogP contribution in [0, 0.1) is 0 Å². The predicted molar refractivity (Wildman–Crippen MR) is 74.5 cm³/mol. The van der Waals surface area contributed by atoms with E-state index in [9.17, 15) is 9.90 Å². The van der Waals surface area contributed by atoms with E-state index in [4.69, 9.17) is 9.47 Å². The lowest BCUT2D eigenvalue weighted by Gasteiger charge is -2.18. The minimum absolute atomic E-state index is 0.181. The summed E-state index contributed by atoms with van der Waals surface area (Å²) in [5.74, 6) is -0.0700. The number of carbonyl (C=O) groups is 1. The Labute approximate surface area is 113 Å². The molecule has 0 fully saturated rings. The van der Waals surface area contributed by atoms with E-state index in [1.807, 2.05) is 6.92 Å². The summed E-state index contributed by atoms with van der Waals surface area (Å²) in [5, 5.41) is 12.5. The summed E-state index contributed by atoms with van der Waals surface area (Å²) >= 11 is 0. The molecule has 1 aromatic rings. The van der Waals surface area contributed by atoms with Crippen molar-refractivity contribution in [2.75, 3.05) is 19.5 Å². The number of carboxylic acids is 1. The number of anilines is 1. The Morgan fingerprint density at radius 2 is 1.89 bits per heavy atom. The fraction of sp³-hybridized carbons (Fsp3) is 0.500. The smallest absolute Gasteiger partial charge is 0.337 e. The lowest BCUT2D eigenvalue weighted by molar-refractivity contribution is 0.0697. The third-order valence-corrected chi connectivity index (χ3v) is 2.88. The predicted octanol–water partition coefficient (Wildman–Crippen LogP) is 3.00. The molecule has 0 aliphatic heterocycles. The van der Waals surface area contributed by atoms with Crippen LogP contribution in [-0.2, 0) is 0 Å². The molecule has 0 aromatic heterocycles. The van der Waals surface area contributed by atoms with Gasteiger partial charge in [0.1, 0.15) is 0 Å². The first-order valence-electron chi connectivity index (χ1n) is 6.29. The lowest BCUT2D eigenvalue weighted by Crippen LogP contribution is -2.17. The van der Waals surface area contributed by atoms with Crippen LogP contribution in [-0.4, -0.2) is 31.3 Å². The Hall–Kier alpha value is -1.91. The Balaban J connectivity index is 3.16. The molecule has 0 spiro atoms. The molecule has 0 aliphatic carbocycles. The first kappa shape index (κ1) is 15.1. The van der Waals surface area contributed by atoms with Crippen molar-refractivity contribution in [3.63, 3.8) is 0 Å². The highest BCUT2D eigenvalue weighted by Crippen LogP contribution is 2.33. The van der Waals surface area contributed by atoms with Gasteiger partial charge in [-0.2, -0.15) is 0 Å². The Bertz CT molecular complexity index is 445. The van der Waals surface area contributed by atoms with Crippen LogP contribution in [0.3, 0.4) is 0 Å². The van der Waals surface area contributed by atoms with Crippen molar-refractivity contribution in [1.29, 1.82) is 0 Å². The number of hydrogen-bond acceptors (Lipinski definition) is 4. The molecule has 0 amide bonds. The van der Waals surface area contributed by atoms with Crippen LogP contribution in [0.2, 0.25) is 0 Å². The number of benzene rings is 1. The number of nitrogens with one attached hydrogen (secondary N) is 1. The first-order valence-corrected chi connectivity index (χ1v) is 6.29. The summed E-state index contributed by atoms with van der Waals surface area (Å²) in [6.45, 7) is 4.11. The second-order valence-corrected chi connectivity index (χ2v) is 4.39. The highest BCUT2D eigenvalue weighted by Gasteiger charge is 2.17. The van der Waals surface area contributed by atoms with Gasteiger partial charge < -0.3 is 19.9 Å². The second-order valence-electron chi connectivity index (χ2n) is 4.39. The molecule has 2 N–H and O–H groups in total. The van der Waals surface area contributed by atoms with Crippen molar-refractivity contribution in [1.82, 2.24) is 0 Å². The fourth-order valence-corrected chi connectivity index (χ4v) is 1.95. The summed E-state index contributed by atoms with van der Waals surface area (Å²) in [5.41, 5.74) is 0.728. The Morgan fingerprint density at radius 3 is 2.37 bits per heavy atom. The number of aromatic carboxylic acids is 1. The van der Waals surface area contributed by atoms with Gasteiger partial charge in [-0.1, -0.05) is 13.3 Å². The maximum absolute atomic E-state index is 11.3. The zero-order chi connectivity index (χ0) is 14.4. The zero-order valence-corrected chi connectivity index (χ0v) is 11.8. The van der Waals surface area contributed by atoms with Crippen LogP contribution in [0.4, 0.5) is 5.69 Å². The molecule has 0 aliphatic rings. The molecular formula is C14H21NO4. The van der Waals surface area contributed by atoms with Gasteiger partial charge in [-0.05, 0) is 13.3 Å². The number of hydrogen-bond donors (Lipinski definition) is 2. The number of methoxy groups -OCH3 is 2. The van der Waals surface area contributed by atoms with Crippen molar-refractivity contribution in [3.8, 4) is 11.5 Å². The molecule has 0 heterocycles. The van der Waals surface area contributed by atoms with Gasteiger partial charge in [0.25, 0.3) is 0 Å². The molecule has 106 valence electrons. The van der Waals surface area contributed by atoms with Crippen molar-refractivity contribution in [3.05, 3.63) is 17.7 Å². The number of rotatable bonds is 7. The van der Waals surface area contributed by atoms with Crippen LogP contribution in [0.5, 0.6) is 11.5 Å². The van der Waals surface area contributed by atoms with E-state index in [0.717, 1.165) is 12.8 Å². The van der Waals surface area contributed by atoms with Crippen molar-refractivity contribution < 1.29 is 19.4 Å². The molecule has 5 nitrogen and oxygen atoms in total. The second kappa shape index (κ2) is 6.87. The van der Waals surface area contributed by atoms with Gasteiger partial charge >= 0.3 is 5.97 Å². The van der Waals surface area contributed by atoms with Gasteiger partial charge in [-0.15, -0.1) is 0 Å². The maximum Gasteiger partial charge on any atom is 0.337 e. The third-order valence-electron chi connectivity index (χ3n) is 2.88. The van der Waals surface area contributed by atoms with E-state index in [-0.39, 0.29) is 11.6 Å². The molecular weight excluding hydrogens is 246 g/mol. The largest absolute Gasteiger partial charge is 0.493 e. The molecule has 1 atom stereocenters. The molecule has 0 saturated carbocycles. The minimum Gasteiger partial charge on any atom is -0.493 e. The summed E-state index contributed by atoms with van der Waals surface area (Å²) in [6, 6.07) is 3.33. The average Bonchev–Trinajstić information content (AvgIpc) is 2.38. The van der Waals surface area contributed by atoms with Gasteiger partial charge in [-0.3, -0.25) is 0 Å².